The molecule has 4 aliphatic carbocycles. The Labute approximate surface area is 157 Å². The fourth-order valence-corrected chi connectivity index (χ4v) is 7.45. The molecule has 4 nitrogen and oxygen atoms in total. The molecule has 5 heteroatoms. The minimum absolute atomic E-state index is 0.103. The summed E-state index contributed by atoms with van der Waals surface area (Å²) in [5.74, 6) is 1.57. The van der Waals surface area contributed by atoms with Crippen LogP contribution in [0.4, 0.5) is 5.69 Å². The van der Waals surface area contributed by atoms with Gasteiger partial charge < -0.3 is 10.6 Å². The first-order valence-electron chi connectivity index (χ1n) is 9.20. The van der Waals surface area contributed by atoms with Gasteiger partial charge in [-0.1, -0.05) is 15.9 Å². The highest BCUT2D eigenvalue weighted by atomic mass is 79.9. The Morgan fingerprint density at radius 1 is 1.12 bits per heavy atom. The highest BCUT2D eigenvalue weighted by Crippen LogP contribution is 2.65. The zero-order valence-electron chi connectivity index (χ0n) is 14.6. The lowest BCUT2D eigenvalue weighted by Gasteiger charge is -2.60. The smallest absolute Gasteiger partial charge is 0.251 e. The van der Waals surface area contributed by atoms with E-state index in [0.717, 1.165) is 23.9 Å². The summed E-state index contributed by atoms with van der Waals surface area (Å²) in [5.41, 5.74) is 1.54. The van der Waals surface area contributed by atoms with Gasteiger partial charge in [-0.05, 0) is 80.0 Å². The summed E-state index contributed by atoms with van der Waals surface area (Å²) in [6.07, 6.45) is 8.10. The Bertz CT molecular complexity index is 686. The fourth-order valence-electron chi connectivity index (χ4n) is 5.94. The van der Waals surface area contributed by atoms with Crippen LogP contribution in [0.3, 0.4) is 0 Å². The van der Waals surface area contributed by atoms with E-state index in [0.29, 0.717) is 12.0 Å². The Hall–Kier alpha value is -1.36. The molecule has 0 spiro atoms. The summed E-state index contributed by atoms with van der Waals surface area (Å²) in [6, 6.07) is 7.08. The maximum Gasteiger partial charge on any atom is 0.251 e. The van der Waals surface area contributed by atoms with Crippen LogP contribution < -0.4 is 10.6 Å². The van der Waals surface area contributed by atoms with Crippen molar-refractivity contribution in [1.29, 1.82) is 0 Å². The van der Waals surface area contributed by atoms with Crippen LogP contribution >= 0.6 is 15.9 Å². The van der Waals surface area contributed by atoms with Crippen molar-refractivity contribution in [2.24, 2.45) is 17.3 Å². The number of halogens is 1. The number of nitrogens with one attached hydrogen (secondary N) is 2. The molecule has 1 aromatic rings. The van der Waals surface area contributed by atoms with E-state index in [9.17, 15) is 9.59 Å². The molecule has 1 aromatic carbocycles. The number of alkyl halides is 1. The van der Waals surface area contributed by atoms with Crippen molar-refractivity contribution in [1.82, 2.24) is 5.32 Å². The van der Waals surface area contributed by atoms with E-state index in [4.69, 9.17) is 0 Å². The third-order valence-corrected chi connectivity index (χ3v) is 7.23. The molecule has 4 fully saturated rings. The minimum atomic E-state index is -0.117. The average molecular weight is 405 g/mol. The molecule has 2 N–H and O–H groups in total. The summed E-state index contributed by atoms with van der Waals surface area (Å²) in [7, 11) is 1.61. The highest BCUT2D eigenvalue weighted by Gasteiger charge is 2.57. The Balaban J connectivity index is 1.42. The standard InChI is InChI=1S/C20H25BrN2O2/c1-22-18(25)15-2-4-16(5-3-15)23-17(24)11-19-7-13-6-14(8-19)10-20(21,9-13)12-19/h2-5,13-14H,6-12H2,1H3,(H,22,25)(H,23,24). The lowest BCUT2D eigenvalue weighted by molar-refractivity contribution is -0.123. The molecule has 0 radical (unpaired) electrons. The predicted molar refractivity (Wildman–Crippen MR) is 102 cm³/mol. The van der Waals surface area contributed by atoms with E-state index in [2.05, 4.69) is 26.6 Å². The van der Waals surface area contributed by atoms with Gasteiger partial charge in [-0.15, -0.1) is 0 Å². The highest BCUT2D eigenvalue weighted by molar-refractivity contribution is 9.10. The van der Waals surface area contributed by atoms with Gasteiger partial charge in [-0.25, -0.2) is 0 Å². The van der Waals surface area contributed by atoms with Crippen molar-refractivity contribution < 1.29 is 9.59 Å². The van der Waals surface area contributed by atoms with Gasteiger partial charge in [0.25, 0.3) is 5.91 Å². The second kappa shape index (κ2) is 6.11. The quantitative estimate of drug-likeness (QED) is 0.741. The van der Waals surface area contributed by atoms with Crippen molar-refractivity contribution in [3.05, 3.63) is 29.8 Å². The van der Waals surface area contributed by atoms with E-state index >= 15 is 0 Å². The van der Waals surface area contributed by atoms with Gasteiger partial charge in [0, 0.05) is 29.0 Å². The molecule has 0 aliphatic heterocycles. The Morgan fingerprint density at radius 3 is 2.32 bits per heavy atom. The number of carbonyl (C=O) groups excluding carboxylic acids is 2. The van der Waals surface area contributed by atoms with Crippen molar-refractivity contribution in [3.8, 4) is 0 Å². The Morgan fingerprint density at radius 2 is 1.76 bits per heavy atom. The molecule has 2 atom stereocenters. The third kappa shape index (κ3) is 3.35. The topological polar surface area (TPSA) is 58.2 Å². The van der Waals surface area contributed by atoms with E-state index in [1.54, 1.807) is 31.3 Å². The van der Waals surface area contributed by atoms with Crippen LogP contribution in [0.25, 0.3) is 0 Å². The molecule has 4 aliphatic rings. The van der Waals surface area contributed by atoms with Gasteiger partial charge in [0.05, 0.1) is 0 Å². The zero-order chi connectivity index (χ0) is 17.7. The number of rotatable bonds is 4. The Kier molecular flexibility index (Phi) is 4.18. The van der Waals surface area contributed by atoms with Gasteiger partial charge in [-0.3, -0.25) is 9.59 Å². The van der Waals surface area contributed by atoms with Crippen molar-refractivity contribution in [2.45, 2.75) is 49.3 Å². The summed E-state index contributed by atoms with van der Waals surface area (Å²) in [5, 5.41) is 5.63. The maximum atomic E-state index is 12.7. The van der Waals surface area contributed by atoms with Crippen molar-refractivity contribution in [3.63, 3.8) is 0 Å². The lowest BCUT2D eigenvalue weighted by Crippen LogP contribution is -2.53. The second-order valence-electron chi connectivity index (χ2n) is 8.49. The van der Waals surface area contributed by atoms with Crippen LogP contribution in [0.5, 0.6) is 0 Å². The minimum Gasteiger partial charge on any atom is -0.355 e. The molecule has 0 heterocycles. The van der Waals surface area contributed by atoms with Crippen LogP contribution in [-0.4, -0.2) is 23.2 Å². The molecule has 0 aromatic heterocycles. The van der Waals surface area contributed by atoms with Crippen molar-refractivity contribution >= 4 is 33.4 Å². The number of anilines is 1. The number of amides is 2. The largest absolute Gasteiger partial charge is 0.355 e. The van der Waals surface area contributed by atoms with Gasteiger partial charge >= 0.3 is 0 Å². The third-order valence-electron chi connectivity index (χ3n) is 6.30. The molecule has 2 unspecified atom stereocenters. The monoisotopic (exact) mass is 404 g/mol. The fraction of sp³-hybridized carbons (Fsp3) is 0.600. The molecule has 4 saturated carbocycles. The van der Waals surface area contributed by atoms with Crippen LogP contribution in [-0.2, 0) is 4.79 Å². The van der Waals surface area contributed by atoms with E-state index in [-0.39, 0.29) is 21.6 Å². The number of carbonyl (C=O) groups is 2. The number of hydrogen-bond acceptors (Lipinski definition) is 2. The molecule has 4 bridgehead atoms. The zero-order valence-corrected chi connectivity index (χ0v) is 16.2. The number of hydrogen-bond donors (Lipinski definition) is 2. The SMILES string of the molecule is CNC(=O)c1ccc(NC(=O)CC23CC4CC(CC(Br)(C4)C2)C3)cc1. The van der Waals surface area contributed by atoms with Crippen molar-refractivity contribution in [2.75, 3.05) is 12.4 Å². The van der Waals surface area contributed by atoms with Crippen LogP contribution in [0.15, 0.2) is 24.3 Å². The summed E-state index contributed by atoms with van der Waals surface area (Å²) in [6.45, 7) is 0. The van der Waals surface area contributed by atoms with Crippen LogP contribution in [0.2, 0.25) is 0 Å². The maximum absolute atomic E-state index is 12.7. The predicted octanol–water partition coefficient (Wildman–Crippen LogP) is 4.11. The van der Waals surface area contributed by atoms with E-state index in [1.165, 1.54) is 32.1 Å². The second-order valence-corrected chi connectivity index (χ2v) is 10.2. The normalized spacial score (nSPS) is 35.4. The molecule has 0 saturated heterocycles. The molecule has 134 valence electrons. The summed E-state index contributed by atoms with van der Waals surface area (Å²) in [4.78, 5) is 24.3. The van der Waals surface area contributed by atoms with E-state index in [1.807, 2.05) is 0 Å². The van der Waals surface area contributed by atoms with Gasteiger partial charge in [0.1, 0.15) is 0 Å². The number of benzene rings is 1. The molecule has 5 rings (SSSR count). The first-order chi connectivity index (χ1) is 11.9. The van der Waals surface area contributed by atoms with Crippen LogP contribution in [0, 0.1) is 17.3 Å². The van der Waals surface area contributed by atoms with Crippen LogP contribution in [0.1, 0.15) is 55.3 Å². The molecule has 2 amide bonds. The van der Waals surface area contributed by atoms with E-state index < -0.39 is 0 Å². The molecular weight excluding hydrogens is 380 g/mol. The van der Waals surface area contributed by atoms with Gasteiger partial charge in [0.2, 0.25) is 5.91 Å². The van der Waals surface area contributed by atoms with Gasteiger partial charge in [0.15, 0.2) is 0 Å². The van der Waals surface area contributed by atoms with Gasteiger partial charge in [-0.2, -0.15) is 0 Å². The first kappa shape index (κ1) is 17.1. The molecular formula is C20H25BrN2O2. The molecule has 25 heavy (non-hydrogen) atoms. The average Bonchev–Trinajstić information content (AvgIpc) is 2.51. The first-order valence-corrected chi connectivity index (χ1v) is 9.99. The lowest BCUT2D eigenvalue weighted by atomic mass is 9.48. The summed E-state index contributed by atoms with van der Waals surface area (Å²) >= 11 is 4.01. The summed E-state index contributed by atoms with van der Waals surface area (Å²) < 4.78 is 0.284.